The summed E-state index contributed by atoms with van der Waals surface area (Å²) in [4.78, 5) is 19.2. The molecule has 0 aliphatic rings. The molecular formula is C12H15N3O. The predicted molar refractivity (Wildman–Crippen MR) is 63.4 cm³/mol. The molecule has 0 saturated carbocycles. The van der Waals surface area contributed by atoms with Crippen molar-refractivity contribution in [3.63, 3.8) is 0 Å². The summed E-state index contributed by atoms with van der Waals surface area (Å²) in [5.41, 5.74) is 8.08. The number of aryl methyl sites for hydroxylation is 1. The van der Waals surface area contributed by atoms with Gasteiger partial charge in [0.1, 0.15) is 5.82 Å². The maximum atomic E-state index is 11.8. The number of H-pyrrole nitrogens is 1. The molecule has 1 aromatic carbocycles. The highest BCUT2D eigenvalue weighted by Crippen LogP contribution is 2.15. The van der Waals surface area contributed by atoms with Crippen LogP contribution in [0.25, 0.3) is 11.0 Å². The first kappa shape index (κ1) is 10.8. The van der Waals surface area contributed by atoms with Crippen LogP contribution < -0.4 is 5.73 Å². The standard InChI is InChI=1S/C12H15N3O/c1-7(13)5-12(16)9-3-4-10-11(6-9)15-8(2)14-10/h3-4,6-7H,5,13H2,1-2H3,(H,14,15). The van der Waals surface area contributed by atoms with Gasteiger partial charge in [0, 0.05) is 18.0 Å². The molecule has 2 aromatic rings. The first-order valence-electron chi connectivity index (χ1n) is 5.31. The van der Waals surface area contributed by atoms with Crippen molar-refractivity contribution in [3.05, 3.63) is 29.6 Å². The Balaban J connectivity index is 2.35. The van der Waals surface area contributed by atoms with Gasteiger partial charge in [-0.05, 0) is 32.0 Å². The third-order valence-corrected chi connectivity index (χ3v) is 2.43. The first-order valence-corrected chi connectivity index (χ1v) is 5.31. The molecule has 0 radical (unpaired) electrons. The number of nitrogens with zero attached hydrogens (tertiary/aromatic N) is 1. The molecule has 0 saturated heterocycles. The summed E-state index contributed by atoms with van der Waals surface area (Å²) < 4.78 is 0. The molecule has 1 aromatic heterocycles. The molecule has 3 N–H and O–H groups in total. The largest absolute Gasteiger partial charge is 0.342 e. The van der Waals surface area contributed by atoms with Gasteiger partial charge < -0.3 is 10.7 Å². The molecule has 1 unspecified atom stereocenters. The normalized spacial score (nSPS) is 12.9. The number of imidazole rings is 1. The fraction of sp³-hybridized carbons (Fsp3) is 0.333. The Bertz CT molecular complexity index is 528. The van der Waals surface area contributed by atoms with Gasteiger partial charge in [-0.15, -0.1) is 0 Å². The van der Waals surface area contributed by atoms with Crippen molar-refractivity contribution in [1.29, 1.82) is 0 Å². The van der Waals surface area contributed by atoms with Crippen LogP contribution >= 0.6 is 0 Å². The van der Waals surface area contributed by atoms with Gasteiger partial charge in [-0.3, -0.25) is 4.79 Å². The monoisotopic (exact) mass is 217 g/mol. The second kappa shape index (κ2) is 4.06. The summed E-state index contributed by atoms with van der Waals surface area (Å²) >= 11 is 0. The van der Waals surface area contributed by atoms with Gasteiger partial charge >= 0.3 is 0 Å². The van der Waals surface area contributed by atoms with Crippen molar-refractivity contribution in [3.8, 4) is 0 Å². The zero-order chi connectivity index (χ0) is 11.7. The van der Waals surface area contributed by atoms with E-state index in [1.54, 1.807) is 6.07 Å². The summed E-state index contributed by atoms with van der Waals surface area (Å²) in [6.07, 6.45) is 0.374. The van der Waals surface area contributed by atoms with E-state index in [-0.39, 0.29) is 11.8 Å². The first-order chi connectivity index (χ1) is 7.56. The highest BCUT2D eigenvalue weighted by atomic mass is 16.1. The minimum atomic E-state index is -0.105. The van der Waals surface area contributed by atoms with Crippen molar-refractivity contribution in [2.75, 3.05) is 0 Å². The number of nitrogens with one attached hydrogen (secondary N) is 1. The number of fused-ring (bicyclic) bond motifs is 1. The van der Waals surface area contributed by atoms with Gasteiger partial charge in [0.05, 0.1) is 11.0 Å². The Hall–Kier alpha value is -1.68. The molecule has 0 fully saturated rings. The number of aromatic amines is 1. The minimum Gasteiger partial charge on any atom is -0.342 e. The van der Waals surface area contributed by atoms with Crippen LogP contribution in [0.3, 0.4) is 0 Å². The quantitative estimate of drug-likeness (QED) is 0.770. The highest BCUT2D eigenvalue weighted by molar-refractivity contribution is 5.99. The molecule has 0 aliphatic carbocycles. The van der Waals surface area contributed by atoms with Crippen molar-refractivity contribution >= 4 is 16.8 Å². The van der Waals surface area contributed by atoms with Crippen LogP contribution in [0.15, 0.2) is 18.2 Å². The Kier molecular flexibility index (Phi) is 2.75. The van der Waals surface area contributed by atoms with Gasteiger partial charge in [-0.25, -0.2) is 4.98 Å². The number of hydrogen-bond acceptors (Lipinski definition) is 3. The lowest BCUT2D eigenvalue weighted by Crippen LogP contribution is -2.19. The van der Waals surface area contributed by atoms with Crippen molar-refractivity contribution in [1.82, 2.24) is 9.97 Å². The van der Waals surface area contributed by atoms with Crippen LogP contribution in [0.1, 0.15) is 29.5 Å². The predicted octanol–water partition coefficient (Wildman–Crippen LogP) is 1.79. The molecule has 0 bridgehead atoms. The lowest BCUT2D eigenvalue weighted by atomic mass is 10.0. The molecule has 4 nitrogen and oxygen atoms in total. The second-order valence-corrected chi connectivity index (χ2v) is 4.16. The van der Waals surface area contributed by atoms with E-state index in [9.17, 15) is 4.79 Å². The van der Waals surface area contributed by atoms with Gasteiger partial charge in [-0.2, -0.15) is 0 Å². The summed E-state index contributed by atoms with van der Waals surface area (Å²) in [5.74, 6) is 0.927. The van der Waals surface area contributed by atoms with E-state index in [1.165, 1.54) is 0 Å². The molecule has 0 amide bonds. The third-order valence-electron chi connectivity index (χ3n) is 2.43. The van der Waals surface area contributed by atoms with E-state index in [0.29, 0.717) is 12.0 Å². The lowest BCUT2D eigenvalue weighted by molar-refractivity contribution is 0.0976. The molecule has 0 spiro atoms. The highest BCUT2D eigenvalue weighted by Gasteiger charge is 2.10. The van der Waals surface area contributed by atoms with Crippen molar-refractivity contribution in [2.24, 2.45) is 5.73 Å². The van der Waals surface area contributed by atoms with Crippen molar-refractivity contribution in [2.45, 2.75) is 26.3 Å². The van der Waals surface area contributed by atoms with E-state index >= 15 is 0 Å². The maximum absolute atomic E-state index is 11.8. The van der Waals surface area contributed by atoms with Gasteiger partial charge in [0.2, 0.25) is 0 Å². The smallest absolute Gasteiger partial charge is 0.164 e. The zero-order valence-corrected chi connectivity index (χ0v) is 9.45. The number of hydrogen-bond donors (Lipinski definition) is 2. The van der Waals surface area contributed by atoms with Crippen LogP contribution in [-0.4, -0.2) is 21.8 Å². The van der Waals surface area contributed by atoms with E-state index in [2.05, 4.69) is 9.97 Å². The molecule has 4 heteroatoms. The van der Waals surface area contributed by atoms with Crippen LogP contribution in [0.5, 0.6) is 0 Å². The number of benzene rings is 1. The molecular weight excluding hydrogens is 202 g/mol. The Morgan fingerprint density at radius 1 is 1.56 bits per heavy atom. The van der Waals surface area contributed by atoms with E-state index in [0.717, 1.165) is 16.9 Å². The number of nitrogens with two attached hydrogens (primary N) is 1. The molecule has 1 heterocycles. The Morgan fingerprint density at radius 2 is 2.31 bits per heavy atom. The van der Waals surface area contributed by atoms with Gasteiger partial charge in [0.15, 0.2) is 5.78 Å². The third kappa shape index (κ3) is 2.12. The number of carbonyl (C=O) groups excluding carboxylic acids is 1. The zero-order valence-electron chi connectivity index (χ0n) is 9.45. The summed E-state index contributed by atoms with van der Waals surface area (Å²) in [7, 11) is 0. The summed E-state index contributed by atoms with van der Waals surface area (Å²) in [6.45, 7) is 3.72. The lowest BCUT2D eigenvalue weighted by Gasteiger charge is -2.03. The average molecular weight is 217 g/mol. The maximum Gasteiger partial charge on any atom is 0.164 e. The Labute approximate surface area is 93.9 Å². The topological polar surface area (TPSA) is 71.8 Å². The summed E-state index contributed by atoms with van der Waals surface area (Å²) in [6, 6.07) is 5.38. The van der Waals surface area contributed by atoms with Crippen LogP contribution in [0.2, 0.25) is 0 Å². The minimum absolute atomic E-state index is 0.0733. The molecule has 1 atom stereocenters. The fourth-order valence-electron chi connectivity index (χ4n) is 1.72. The van der Waals surface area contributed by atoms with Gasteiger partial charge in [-0.1, -0.05) is 0 Å². The number of ketones is 1. The van der Waals surface area contributed by atoms with Crippen LogP contribution in [-0.2, 0) is 0 Å². The molecule has 2 rings (SSSR count). The number of Topliss-reactive ketones (excluding diaryl/α,β-unsaturated/α-hetero) is 1. The number of aromatic nitrogens is 2. The van der Waals surface area contributed by atoms with Crippen molar-refractivity contribution < 1.29 is 4.79 Å². The number of rotatable bonds is 3. The molecule has 0 aliphatic heterocycles. The summed E-state index contributed by atoms with van der Waals surface area (Å²) in [5, 5.41) is 0. The van der Waals surface area contributed by atoms with Crippen LogP contribution in [0, 0.1) is 6.92 Å². The average Bonchev–Trinajstić information content (AvgIpc) is 2.55. The van der Waals surface area contributed by atoms with E-state index in [4.69, 9.17) is 5.73 Å². The molecule has 16 heavy (non-hydrogen) atoms. The number of carbonyl (C=O) groups is 1. The Morgan fingerprint density at radius 3 is 3.00 bits per heavy atom. The SMILES string of the molecule is Cc1nc2ccc(C(=O)CC(C)N)cc2[nH]1. The van der Waals surface area contributed by atoms with Gasteiger partial charge in [0.25, 0.3) is 0 Å². The molecule has 84 valence electrons. The van der Waals surface area contributed by atoms with Crippen LogP contribution in [0.4, 0.5) is 0 Å². The van der Waals surface area contributed by atoms with E-state index < -0.39 is 0 Å². The second-order valence-electron chi connectivity index (χ2n) is 4.16. The van der Waals surface area contributed by atoms with E-state index in [1.807, 2.05) is 26.0 Å². The fourth-order valence-corrected chi connectivity index (χ4v) is 1.72.